The van der Waals surface area contributed by atoms with Crippen molar-refractivity contribution < 1.29 is 9.31 Å². The number of nitrogens with zero attached hydrogens (tertiary/aromatic N) is 3. The van der Waals surface area contributed by atoms with Crippen molar-refractivity contribution in [2.24, 2.45) is 7.05 Å². The summed E-state index contributed by atoms with van der Waals surface area (Å²) in [5.41, 5.74) is 1.44. The van der Waals surface area contributed by atoms with Gasteiger partial charge < -0.3 is 13.9 Å². The van der Waals surface area contributed by atoms with E-state index >= 15 is 0 Å². The highest BCUT2D eigenvalue weighted by molar-refractivity contribution is 6.62. The van der Waals surface area contributed by atoms with E-state index < -0.39 is 18.3 Å². The molecule has 1 aliphatic heterocycles. The van der Waals surface area contributed by atoms with E-state index in [0.29, 0.717) is 11.6 Å². The van der Waals surface area contributed by atoms with Gasteiger partial charge in [-0.25, -0.2) is 0 Å². The van der Waals surface area contributed by atoms with E-state index in [1.165, 1.54) is 0 Å². The van der Waals surface area contributed by atoms with Crippen LogP contribution in [-0.4, -0.2) is 32.7 Å². The number of hydrogen-bond donors (Lipinski definition) is 0. The fourth-order valence-corrected chi connectivity index (χ4v) is 3.07. The SMILES string of the molecule is Cn1cc(B2OC(C)(C)C(C)(C)O2)cc(-c2cnn(C3CC3)c2)c1=O. The number of aromatic nitrogens is 3. The van der Waals surface area contributed by atoms with Crippen LogP contribution in [-0.2, 0) is 16.4 Å². The van der Waals surface area contributed by atoms with Crippen LogP contribution in [0.15, 0.2) is 29.5 Å². The molecule has 132 valence electrons. The lowest BCUT2D eigenvalue weighted by Crippen LogP contribution is -2.41. The lowest BCUT2D eigenvalue weighted by Gasteiger charge is -2.32. The maximum atomic E-state index is 12.6. The summed E-state index contributed by atoms with van der Waals surface area (Å²) >= 11 is 0. The van der Waals surface area contributed by atoms with Gasteiger partial charge >= 0.3 is 7.12 Å². The summed E-state index contributed by atoms with van der Waals surface area (Å²) in [5.74, 6) is 0. The Kier molecular flexibility index (Phi) is 3.53. The van der Waals surface area contributed by atoms with Crippen molar-refractivity contribution in [2.45, 2.75) is 57.8 Å². The lowest BCUT2D eigenvalue weighted by atomic mass is 9.79. The maximum absolute atomic E-state index is 12.6. The summed E-state index contributed by atoms with van der Waals surface area (Å²) in [4.78, 5) is 12.6. The predicted molar refractivity (Wildman–Crippen MR) is 96.9 cm³/mol. The number of aryl methyl sites for hydroxylation is 1. The Hall–Kier alpha value is -1.86. The molecule has 0 bridgehead atoms. The fourth-order valence-electron chi connectivity index (χ4n) is 3.07. The van der Waals surface area contributed by atoms with Crippen LogP contribution in [0.25, 0.3) is 11.1 Å². The Bertz CT molecular complexity index is 864. The zero-order valence-corrected chi connectivity index (χ0v) is 15.4. The summed E-state index contributed by atoms with van der Waals surface area (Å²) in [7, 11) is 1.26. The van der Waals surface area contributed by atoms with E-state index in [4.69, 9.17) is 9.31 Å². The molecule has 1 saturated carbocycles. The van der Waals surface area contributed by atoms with Gasteiger partial charge in [0.2, 0.25) is 0 Å². The molecular weight excluding hydrogens is 317 g/mol. The molecule has 0 unspecified atom stereocenters. The van der Waals surface area contributed by atoms with Gasteiger partial charge in [-0.05, 0) is 52.1 Å². The van der Waals surface area contributed by atoms with Crippen molar-refractivity contribution in [1.82, 2.24) is 14.3 Å². The minimum atomic E-state index is -0.492. The van der Waals surface area contributed by atoms with Crippen molar-refractivity contribution in [2.75, 3.05) is 0 Å². The van der Waals surface area contributed by atoms with Crippen molar-refractivity contribution >= 4 is 12.6 Å². The molecule has 25 heavy (non-hydrogen) atoms. The first-order chi connectivity index (χ1) is 11.7. The van der Waals surface area contributed by atoms with Crippen LogP contribution in [0.5, 0.6) is 0 Å². The smallest absolute Gasteiger partial charge is 0.399 e. The largest absolute Gasteiger partial charge is 0.496 e. The minimum Gasteiger partial charge on any atom is -0.399 e. The molecule has 0 aromatic carbocycles. The van der Waals surface area contributed by atoms with E-state index in [9.17, 15) is 4.79 Å². The van der Waals surface area contributed by atoms with Gasteiger partial charge in [-0.2, -0.15) is 5.10 Å². The summed E-state index contributed by atoms with van der Waals surface area (Å²) in [5, 5.41) is 4.40. The van der Waals surface area contributed by atoms with Crippen LogP contribution in [0, 0.1) is 0 Å². The third kappa shape index (κ3) is 2.75. The van der Waals surface area contributed by atoms with Crippen molar-refractivity contribution in [3.8, 4) is 11.1 Å². The molecule has 1 aliphatic carbocycles. The van der Waals surface area contributed by atoms with Gasteiger partial charge in [0.05, 0.1) is 23.4 Å². The summed E-state index contributed by atoms with van der Waals surface area (Å²) in [6.07, 6.45) is 7.84. The molecule has 7 heteroatoms. The highest BCUT2D eigenvalue weighted by Crippen LogP contribution is 2.37. The Morgan fingerprint density at radius 1 is 1.16 bits per heavy atom. The maximum Gasteiger partial charge on any atom is 0.496 e. The van der Waals surface area contributed by atoms with Crippen LogP contribution in [0.3, 0.4) is 0 Å². The molecule has 1 saturated heterocycles. The third-order valence-corrected chi connectivity index (χ3v) is 5.56. The Balaban J connectivity index is 1.73. The molecule has 2 aliphatic rings. The van der Waals surface area contributed by atoms with E-state index in [2.05, 4.69) is 5.10 Å². The zero-order chi connectivity index (χ0) is 18.0. The van der Waals surface area contributed by atoms with Crippen LogP contribution < -0.4 is 11.0 Å². The van der Waals surface area contributed by atoms with Gasteiger partial charge in [-0.1, -0.05) is 0 Å². The van der Waals surface area contributed by atoms with Gasteiger partial charge in [0.25, 0.3) is 5.56 Å². The number of rotatable bonds is 3. The monoisotopic (exact) mass is 341 g/mol. The van der Waals surface area contributed by atoms with Crippen molar-refractivity contribution in [3.63, 3.8) is 0 Å². The highest BCUT2D eigenvalue weighted by Gasteiger charge is 2.52. The average Bonchev–Trinajstić information content (AvgIpc) is 3.21. The normalized spacial score (nSPS) is 21.7. The Morgan fingerprint density at radius 2 is 1.80 bits per heavy atom. The van der Waals surface area contributed by atoms with Crippen LogP contribution in [0.2, 0.25) is 0 Å². The van der Waals surface area contributed by atoms with Gasteiger partial charge in [0, 0.05) is 30.6 Å². The van der Waals surface area contributed by atoms with Gasteiger partial charge in [-0.15, -0.1) is 0 Å². The van der Waals surface area contributed by atoms with E-state index in [1.54, 1.807) is 24.0 Å². The second-order valence-corrected chi connectivity index (χ2v) is 8.13. The predicted octanol–water partition coefficient (Wildman–Crippen LogP) is 1.88. The van der Waals surface area contributed by atoms with E-state index in [-0.39, 0.29) is 5.56 Å². The third-order valence-electron chi connectivity index (χ3n) is 5.56. The number of pyridine rings is 1. The van der Waals surface area contributed by atoms with Gasteiger partial charge in [-0.3, -0.25) is 9.48 Å². The Labute approximate surface area is 147 Å². The van der Waals surface area contributed by atoms with Crippen molar-refractivity contribution in [3.05, 3.63) is 35.0 Å². The van der Waals surface area contributed by atoms with Crippen molar-refractivity contribution in [1.29, 1.82) is 0 Å². The lowest BCUT2D eigenvalue weighted by molar-refractivity contribution is 0.00578. The Morgan fingerprint density at radius 3 is 2.40 bits per heavy atom. The molecule has 2 aromatic rings. The summed E-state index contributed by atoms with van der Waals surface area (Å²) < 4.78 is 15.8. The number of hydrogen-bond acceptors (Lipinski definition) is 4. The molecular formula is C18H24BN3O3. The standard InChI is InChI=1S/C18H24BN3O3/c1-17(2)18(3,4)25-19(24-17)13-8-15(16(23)21(5)11-13)12-9-20-22(10-12)14-6-7-14/h8-11,14H,6-7H2,1-5H3. The van der Waals surface area contributed by atoms with Crippen LogP contribution in [0.1, 0.15) is 46.6 Å². The minimum absolute atomic E-state index is 0.0457. The molecule has 0 N–H and O–H groups in total. The molecule has 2 fully saturated rings. The second-order valence-electron chi connectivity index (χ2n) is 8.13. The summed E-state index contributed by atoms with van der Waals surface area (Å²) in [6, 6.07) is 2.36. The molecule has 0 amide bonds. The molecule has 6 nitrogen and oxygen atoms in total. The average molecular weight is 341 g/mol. The topological polar surface area (TPSA) is 58.3 Å². The highest BCUT2D eigenvalue weighted by atomic mass is 16.7. The van der Waals surface area contributed by atoms with E-state index in [1.807, 2.05) is 44.6 Å². The van der Waals surface area contributed by atoms with Crippen LogP contribution >= 0.6 is 0 Å². The molecule has 3 heterocycles. The molecule has 0 radical (unpaired) electrons. The summed E-state index contributed by atoms with van der Waals surface area (Å²) in [6.45, 7) is 8.09. The zero-order valence-electron chi connectivity index (χ0n) is 15.4. The molecule has 0 atom stereocenters. The quantitative estimate of drug-likeness (QED) is 0.800. The first-order valence-corrected chi connectivity index (χ1v) is 8.79. The van der Waals surface area contributed by atoms with Gasteiger partial charge in [0.15, 0.2) is 0 Å². The van der Waals surface area contributed by atoms with Gasteiger partial charge in [0.1, 0.15) is 0 Å². The first kappa shape index (κ1) is 16.6. The molecule has 4 rings (SSSR count). The van der Waals surface area contributed by atoms with E-state index in [0.717, 1.165) is 23.9 Å². The fraction of sp³-hybridized carbons (Fsp3) is 0.556. The van der Waals surface area contributed by atoms with Crippen LogP contribution in [0.4, 0.5) is 0 Å². The molecule has 2 aromatic heterocycles. The molecule has 0 spiro atoms. The first-order valence-electron chi connectivity index (χ1n) is 8.79. The second kappa shape index (κ2) is 5.32.